The van der Waals surface area contributed by atoms with E-state index in [1.807, 2.05) is 13.8 Å². The lowest BCUT2D eigenvalue weighted by Gasteiger charge is -2.08. The third-order valence-corrected chi connectivity index (χ3v) is 2.97. The maximum atomic E-state index is 11.3. The summed E-state index contributed by atoms with van der Waals surface area (Å²) in [5.41, 5.74) is 0.0549. The molecule has 0 unspecified atom stereocenters. The molecule has 0 radical (unpaired) electrons. The van der Waals surface area contributed by atoms with Gasteiger partial charge in [0.25, 0.3) is 0 Å². The van der Waals surface area contributed by atoms with Gasteiger partial charge in [-0.2, -0.15) is 0 Å². The van der Waals surface area contributed by atoms with Crippen LogP contribution in [0.1, 0.15) is 29.3 Å². The molecule has 0 bridgehead atoms. The van der Waals surface area contributed by atoms with Crippen molar-refractivity contribution in [3.05, 3.63) is 16.1 Å². The van der Waals surface area contributed by atoms with Gasteiger partial charge in [-0.15, -0.1) is 11.3 Å². The van der Waals surface area contributed by atoms with E-state index in [9.17, 15) is 9.59 Å². The van der Waals surface area contributed by atoms with Gasteiger partial charge in [0.2, 0.25) is 0 Å². The second-order valence-corrected chi connectivity index (χ2v) is 5.15. The number of thiazole rings is 1. The van der Waals surface area contributed by atoms with Crippen LogP contribution in [0.5, 0.6) is 0 Å². The Balaban J connectivity index is 2.24. The number of hydrogen-bond acceptors (Lipinski definition) is 4. The molecule has 1 aromatic rings. The van der Waals surface area contributed by atoms with Crippen LogP contribution in [-0.4, -0.2) is 35.2 Å². The zero-order valence-corrected chi connectivity index (χ0v) is 11.2. The van der Waals surface area contributed by atoms with Crippen LogP contribution in [0.2, 0.25) is 0 Å². The summed E-state index contributed by atoms with van der Waals surface area (Å²) >= 11 is 1.28. The number of carboxylic acid groups (broad SMARTS) is 1. The molecule has 7 heteroatoms. The molecule has 0 aliphatic rings. The van der Waals surface area contributed by atoms with Gasteiger partial charge >= 0.3 is 12.0 Å². The maximum absolute atomic E-state index is 11.3. The maximum Gasteiger partial charge on any atom is 0.355 e. The normalized spacial score (nSPS) is 10.4. The first-order valence-electron chi connectivity index (χ1n) is 5.68. The van der Waals surface area contributed by atoms with Crippen LogP contribution in [0.25, 0.3) is 0 Å². The highest BCUT2D eigenvalue weighted by Gasteiger charge is 2.08. The fraction of sp³-hybridized carbons (Fsp3) is 0.545. The first kappa shape index (κ1) is 14.4. The molecule has 100 valence electrons. The SMILES string of the molecule is CC(C)CNC(=O)NCCc1nc(C(=O)O)cs1. The van der Waals surface area contributed by atoms with E-state index >= 15 is 0 Å². The van der Waals surface area contributed by atoms with Crippen LogP contribution in [-0.2, 0) is 6.42 Å². The minimum atomic E-state index is -1.03. The van der Waals surface area contributed by atoms with Crippen LogP contribution in [0.15, 0.2) is 5.38 Å². The molecule has 6 nitrogen and oxygen atoms in total. The summed E-state index contributed by atoms with van der Waals surface area (Å²) in [4.78, 5) is 25.9. The number of aromatic nitrogens is 1. The smallest absolute Gasteiger partial charge is 0.355 e. The lowest BCUT2D eigenvalue weighted by Crippen LogP contribution is -2.38. The summed E-state index contributed by atoms with van der Waals surface area (Å²) in [6, 6.07) is -0.210. The zero-order chi connectivity index (χ0) is 13.5. The number of hydrogen-bond donors (Lipinski definition) is 3. The van der Waals surface area contributed by atoms with Crippen molar-refractivity contribution in [2.45, 2.75) is 20.3 Å². The average Bonchev–Trinajstić information content (AvgIpc) is 2.75. The van der Waals surface area contributed by atoms with E-state index in [2.05, 4.69) is 15.6 Å². The first-order chi connectivity index (χ1) is 8.49. The van der Waals surface area contributed by atoms with Crippen LogP contribution in [0.3, 0.4) is 0 Å². The minimum absolute atomic E-state index is 0.0549. The quantitative estimate of drug-likeness (QED) is 0.728. The summed E-state index contributed by atoms with van der Waals surface area (Å²) in [6.07, 6.45) is 0.535. The molecule has 0 atom stereocenters. The number of carbonyl (C=O) groups is 2. The third-order valence-electron chi connectivity index (χ3n) is 2.07. The van der Waals surface area contributed by atoms with Gasteiger partial charge in [0.15, 0.2) is 5.69 Å². The fourth-order valence-electron chi connectivity index (χ4n) is 1.17. The highest BCUT2D eigenvalue weighted by atomic mass is 32.1. The molecule has 0 saturated heterocycles. The Bertz CT molecular complexity index is 417. The molecule has 1 rings (SSSR count). The van der Waals surface area contributed by atoms with E-state index in [1.54, 1.807) is 0 Å². The Hall–Kier alpha value is -1.63. The Morgan fingerprint density at radius 3 is 2.72 bits per heavy atom. The highest BCUT2D eigenvalue weighted by Crippen LogP contribution is 2.09. The number of nitrogens with zero attached hydrogens (tertiary/aromatic N) is 1. The van der Waals surface area contributed by atoms with Gasteiger partial charge in [0.1, 0.15) is 0 Å². The van der Waals surface area contributed by atoms with Gasteiger partial charge in [-0.05, 0) is 5.92 Å². The summed E-state index contributed by atoms with van der Waals surface area (Å²) in [7, 11) is 0. The van der Waals surface area contributed by atoms with E-state index in [1.165, 1.54) is 16.7 Å². The molecule has 3 N–H and O–H groups in total. The molecule has 1 aromatic heterocycles. The van der Waals surface area contributed by atoms with Crippen molar-refractivity contribution in [3.8, 4) is 0 Å². The molecule has 0 saturated carbocycles. The minimum Gasteiger partial charge on any atom is -0.476 e. The molecule has 2 amide bonds. The van der Waals surface area contributed by atoms with Gasteiger partial charge in [0, 0.05) is 24.9 Å². The predicted molar refractivity (Wildman–Crippen MR) is 69.0 cm³/mol. The third kappa shape index (κ3) is 5.13. The Morgan fingerprint density at radius 1 is 1.44 bits per heavy atom. The molecule has 0 aliphatic carbocycles. The second kappa shape index (κ2) is 6.95. The number of aromatic carboxylic acids is 1. The van der Waals surface area contributed by atoms with Gasteiger partial charge in [-0.25, -0.2) is 14.6 Å². The Morgan fingerprint density at radius 2 is 2.17 bits per heavy atom. The van der Waals surface area contributed by atoms with E-state index < -0.39 is 5.97 Å². The molecule has 1 heterocycles. The van der Waals surface area contributed by atoms with E-state index in [0.29, 0.717) is 30.4 Å². The lowest BCUT2D eigenvalue weighted by molar-refractivity contribution is 0.0691. The summed E-state index contributed by atoms with van der Waals surface area (Å²) < 4.78 is 0. The summed E-state index contributed by atoms with van der Waals surface area (Å²) in [5.74, 6) is -0.618. The van der Waals surface area contributed by atoms with Gasteiger partial charge in [0.05, 0.1) is 5.01 Å². The van der Waals surface area contributed by atoms with E-state index in [0.717, 1.165) is 0 Å². The van der Waals surface area contributed by atoms with Crippen LogP contribution in [0.4, 0.5) is 4.79 Å². The molecule has 0 aromatic carbocycles. The van der Waals surface area contributed by atoms with Gasteiger partial charge in [-0.3, -0.25) is 0 Å². The topological polar surface area (TPSA) is 91.3 Å². The molecular formula is C11H17N3O3S. The van der Waals surface area contributed by atoms with Crippen LogP contribution < -0.4 is 10.6 Å². The lowest BCUT2D eigenvalue weighted by atomic mass is 10.2. The zero-order valence-electron chi connectivity index (χ0n) is 10.4. The van der Waals surface area contributed by atoms with Crippen molar-refractivity contribution in [2.24, 2.45) is 5.92 Å². The Labute approximate surface area is 109 Å². The molecule has 0 fully saturated rings. The monoisotopic (exact) mass is 271 g/mol. The highest BCUT2D eigenvalue weighted by molar-refractivity contribution is 7.09. The molecule has 18 heavy (non-hydrogen) atoms. The van der Waals surface area contributed by atoms with Crippen LogP contribution >= 0.6 is 11.3 Å². The molecular weight excluding hydrogens is 254 g/mol. The van der Waals surface area contributed by atoms with E-state index in [-0.39, 0.29) is 11.7 Å². The number of rotatable bonds is 6. The van der Waals surface area contributed by atoms with Gasteiger partial charge < -0.3 is 15.7 Å². The van der Waals surface area contributed by atoms with Gasteiger partial charge in [-0.1, -0.05) is 13.8 Å². The standard InChI is InChI=1S/C11H17N3O3S/c1-7(2)5-13-11(17)12-4-3-9-14-8(6-18-9)10(15)16/h6-7H,3-5H2,1-2H3,(H,15,16)(H2,12,13,17). The van der Waals surface area contributed by atoms with E-state index in [4.69, 9.17) is 5.11 Å². The summed E-state index contributed by atoms with van der Waals surface area (Å²) in [6.45, 7) is 5.11. The first-order valence-corrected chi connectivity index (χ1v) is 6.56. The largest absolute Gasteiger partial charge is 0.476 e. The van der Waals surface area contributed by atoms with Crippen molar-refractivity contribution < 1.29 is 14.7 Å². The predicted octanol–water partition coefficient (Wildman–Crippen LogP) is 1.34. The van der Waals surface area contributed by atoms with Crippen LogP contribution in [0, 0.1) is 5.92 Å². The number of amides is 2. The van der Waals surface area contributed by atoms with Crippen molar-refractivity contribution >= 4 is 23.3 Å². The number of carboxylic acids is 1. The summed E-state index contributed by atoms with van der Waals surface area (Å²) in [5, 5.41) is 16.3. The second-order valence-electron chi connectivity index (χ2n) is 4.21. The molecule has 0 spiro atoms. The fourth-order valence-corrected chi connectivity index (χ4v) is 1.94. The van der Waals surface area contributed by atoms with Crippen molar-refractivity contribution in [3.63, 3.8) is 0 Å². The van der Waals surface area contributed by atoms with Crippen molar-refractivity contribution in [1.82, 2.24) is 15.6 Å². The number of nitrogens with one attached hydrogen (secondary N) is 2. The average molecular weight is 271 g/mol. The number of urea groups is 1. The number of carbonyl (C=O) groups excluding carboxylic acids is 1. The molecule has 0 aliphatic heterocycles. The van der Waals surface area contributed by atoms with Crippen molar-refractivity contribution in [1.29, 1.82) is 0 Å². The Kier molecular flexibility index (Phi) is 5.57. The van der Waals surface area contributed by atoms with Crippen molar-refractivity contribution in [2.75, 3.05) is 13.1 Å².